The van der Waals surface area contributed by atoms with Crippen molar-refractivity contribution in [2.45, 2.75) is 76.3 Å². The molecule has 2 aromatic rings. The van der Waals surface area contributed by atoms with Crippen molar-refractivity contribution in [2.24, 2.45) is 11.8 Å². The molecule has 2 aliphatic rings. The van der Waals surface area contributed by atoms with E-state index in [1.165, 1.54) is 0 Å². The van der Waals surface area contributed by atoms with E-state index in [2.05, 4.69) is 24.5 Å². The first-order valence-corrected chi connectivity index (χ1v) is 13.1. The standard InChI is InChI=1S/C29H40N2O4/c1-21(2)19-26(29(33,23-9-5-3-6-10-23)24-11-7-4-8-12-24)31-28(32)30-25-15-13-22(14-16-25)20-27-34-17-18-35-27/h3-12,21-22,25-27,33H,13-20H2,1-2H3,(H2,30,31,32)/t22?,25?,26-/m1/s1. The number of carbonyl (C=O) groups excluding carboxylic acids is 1. The van der Waals surface area contributed by atoms with Crippen LogP contribution in [0.3, 0.4) is 0 Å². The first kappa shape index (κ1) is 25.7. The van der Waals surface area contributed by atoms with Gasteiger partial charge in [-0.25, -0.2) is 4.79 Å². The lowest BCUT2D eigenvalue weighted by molar-refractivity contribution is -0.0601. The van der Waals surface area contributed by atoms with Crippen LogP contribution in [0.1, 0.15) is 63.5 Å². The molecule has 0 spiro atoms. The number of ether oxygens (including phenoxy) is 2. The highest BCUT2D eigenvalue weighted by molar-refractivity contribution is 5.75. The Balaban J connectivity index is 1.43. The maximum atomic E-state index is 13.2. The Morgan fingerprint density at radius 3 is 2.00 bits per heavy atom. The van der Waals surface area contributed by atoms with Crippen LogP contribution >= 0.6 is 0 Å². The number of carbonyl (C=O) groups is 1. The van der Waals surface area contributed by atoms with E-state index in [4.69, 9.17) is 9.47 Å². The van der Waals surface area contributed by atoms with Gasteiger partial charge in [0.2, 0.25) is 0 Å². The van der Waals surface area contributed by atoms with Gasteiger partial charge in [-0.1, -0.05) is 74.5 Å². The van der Waals surface area contributed by atoms with Crippen molar-refractivity contribution in [3.05, 3.63) is 71.8 Å². The van der Waals surface area contributed by atoms with Crippen molar-refractivity contribution in [3.63, 3.8) is 0 Å². The number of nitrogens with one attached hydrogen (secondary N) is 2. The molecular formula is C29H40N2O4. The lowest BCUT2D eigenvalue weighted by Crippen LogP contribution is -2.56. The van der Waals surface area contributed by atoms with Crippen LogP contribution < -0.4 is 10.6 Å². The largest absolute Gasteiger partial charge is 0.378 e. The fourth-order valence-corrected chi connectivity index (χ4v) is 5.50. The fraction of sp³-hybridized carbons (Fsp3) is 0.552. The third-order valence-electron chi connectivity index (χ3n) is 7.34. The molecule has 0 aromatic heterocycles. The van der Waals surface area contributed by atoms with E-state index in [0.29, 0.717) is 25.6 Å². The summed E-state index contributed by atoms with van der Waals surface area (Å²) in [7, 11) is 0. The highest BCUT2D eigenvalue weighted by Crippen LogP contribution is 2.36. The van der Waals surface area contributed by atoms with Gasteiger partial charge in [-0.2, -0.15) is 0 Å². The molecule has 3 N–H and O–H groups in total. The lowest BCUT2D eigenvalue weighted by Gasteiger charge is -2.39. The van der Waals surface area contributed by atoms with Crippen LogP contribution in [0.5, 0.6) is 0 Å². The molecule has 6 heteroatoms. The Kier molecular flexibility index (Phi) is 8.82. The second-order valence-electron chi connectivity index (χ2n) is 10.4. The van der Waals surface area contributed by atoms with Crippen LogP contribution in [-0.2, 0) is 15.1 Å². The Bertz CT molecular complexity index is 867. The van der Waals surface area contributed by atoms with Gasteiger partial charge in [0.25, 0.3) is 0 Å². The molecule has 1 aliphatic heterocycles. The van der Waals surface area contributed by atoms with Crippen LogP contribution in [0.15, 0.2) is 60.7 Å². The Hall–Kier alpha value is -2.41. The van der Waals surface area contributed by atoms with Crippen LogP contribution in [0.25, 0.3) is 0 Å². The van der Waals surface area contributed by atoms with E-state index in [1.807, 2.05) is 60.7 Å². The molecule has 0 unspecified atom stereocenters. The zero-order valence-corrected chi connectivity index (χ0v) is 21.0. The molecule has 1 atom stereocenters. The summed E-state index contributed by atoms with van der Waals surface area (Å²) in [6.07, 6.45) is 5.53. The van der Waals surface area contributed by atoms with Crippen molar-refractivity contribution in [2.75, 3.05) is 13.2 Å². The maximum Gasteiger partial charge on any atom is 0.315 e. The summed E-state index contributed by atoms with van der Waals surface area (Å²) in [5.74, 6) is 0.865. The average molecular weight is 481 g/mol. The molecule has 190 valence electrons. The fourth-order valence-electron chi connectivity index (χ4n) is 5.50. The number of rotatable bonds is 9. The predicted molar refractivity (Wildman–Crippen MR) is 137 cm³/mol. The van der Waals surface area contributed by atoms with Gasteiger partial charge in [0.05, 0.1) is 19.3 Å². The van der Waals surface area contributed by atoms with E-state index in [1.54, 1.807) is 0 Å². The minimum absolute atomic E-state index is 0.0572. The van der Waals surface area contributed by atoms with Gasteiger partial charge in [-0.05, 0) is 55.1 Å². The van der Waals surface area contributed by atoms with Gasteiger partial charge >= 0.3 is 6.03 Å². The van der Waals surface area contributed by atoms with E-state index >= 15 is 0 Å². The molecule has 0 bridgehead atoms. The van der Waals surface area contributed by atoms with Crippen molar-refractivity contribution >= 4 is 6.03 Å². The molecule has 35 heavy (non-hydrogen) atoms. The summed E-state index contributed by atoms with van der Waals surface area (Å²) in [6, 6.07) is 18.7. The van der Waals surface area contributed by atoms with Crippen molar-refractivity contribution < 1.29 is 19.4 Å². The molecule has 1 heterocycles. The number of amides is 2. The van der Waals surface area contributed by atoms with E-state index in [9.17, 15) is 9.90 Å². The van der Waals surface area contributed by atoms with Crippen LogP contribution in [0.4, 0.5) is 4.79 Å². The Labute approximate surface area is 209 Å². The van der Waals surface area contributed by atoms with Gasteiger partial charge in [0, 0.05) is 12.5 Å². The predicted octanol–water partition coefficient (Wildman–Crippen LogP) is 4.96. The molecular weight excluding hydrogens is 440 g/mol. The number of benzene rings is 2. The SMILES string of the molecule is CC(C)C[C@@H](NC(=O)NC1CCC(CC2OCCO2)CC1)C(O)(c1ccccc1)c1ccccc1. The quantitative estimate of drug-likeness (QED) is 0.474. The van der Waals surface area contributed by atoms with Gasteiger partial charge < -0.3 is 25.2 Å². The summed E-state index contributed by atoms with van der Waals surface area (Å²) in [5.41, 5.74) is 0.200. The third-order valence-corrected chi connectivity index (χ3v) is 7.34. The van der Waals surface area contributed by atoms with Gasteiger partial charge in [-0.3, -0.25) is 0 Å². The van der Waals surface area contributed by atoms with Crippen molar-refractivity contribution in [1.29, 1.82) is 0 Å². The average Bonchev–Trinajstić information content (AvgIpc) is 3.38. The molecule has 1 saturated carbocycles. The molecule has 1 aliphatic carbocycles. The second-order valence-corrected chi connectivity index (χ2v) is 10.4. The first-order valence-electron chi connectivity index (χ1n) is 13.1. The Morgan fingerprint density at radius 2 is 1.49 bits per heavy atom. The highest BCUT2D eigenvalue weighted by atomic mass is 16.7. The monoisotopic (exact) mass is 480 g/mol. The minimum Gasteiger partial charge on any atom is -0.378 e. The van der Waals surface area contributed by atoms with Crippen molar-refractivity contribution in [3.8, 4) is 0 Å². The molecule has 2 fully saturated rings. The van der Waals surface area contributed by atoms with Crippen LogP contribution in [0, 0.1) is 11.8 Å². The van der Waals surface area contributed by atoms with Crippen LogP contribution in [0.2, 0.25) is 0 Å². The summed E-state index contributed by atoms with van der Waals surface area (Å²) in [4.78, 5) is 13.2. The van der Waals surface area contributed by atoms with Gasteiger partial charge in [0.1, 0.15) is 5.60 Å². The van der Waals surface area contributed by atoms with E-state index in [0.717, 1.165) is 43.2 Å². The topological polar surface area (TPSA) is 79.8 Å². The molecule has 4 rings (SSSR count). The lowest BCUT2D eigenvalue weighted by atomic mass is 9.77. The van der Waals surface area contributed by atoms with E-state index in [-0.39, 0.29) is 24.3 Å². The first-order chi connectivity index (χ1) is 16.9. The maximum absolute atomic E-state index is 13.2. The zero-order valence-electron chi connectivity index (χ0n) is 21.0. The second kappa shape index (κ2) is 12.0. The summed E-state index contributed by atoms with van der Waals surface area (Å²) < 4.78 is 11.2. The molecule has 1 saturated heterocycles. The highest BCUT2D eigenvalue weighted by Gasteiger charge is 2.41. The minimum atomic E-state index is -1.34. The molecule has 6 nitrogen and oxygen atoms in total. The van der Waals surface area contributed by atoms with Crippen molar-refractivity contribution in [1.82, 2.24) is 10.6 Å². The molecule has 0 radical (unpaired) electrons. The van der Waals surface area contributed by atoms with Gasteiger partial charge in [0.15, 0.2) is 6.29 Å². The summed E-state index contributed by atoms with van der Waals surface area (Å²) >= 11 is 0. The molecule has 2 aromatic carbocycles. The number of hydrogen-bond acceptors (Lipinski definition) is 4. The van der Waals surface area contributed by atoms with Gasteiger partial charge in [-0.15, -0.1) is 0 Å². The van der Waals surface area contributed by atoms with Crippen LogP contribution in [-0.4, -0.2) is 42.7 Å². The number of urea groups is 1. The Morgan fingerprint density at radius 1 is 0.943 bits per heavy atom. The normalized spacial score (nSPS) is 22.2. The summed E-state index contributed by atoms with van der Waals surface area (Å²) in [5, 5.41) is 18.6. The number of aliphatic hydroxyl groups is 1. The summed E-state index contributed by atoms with van der Waals surface area (Å²) in [6.45, 7) is 5.61. The van der Waals surface area contributed by atoms with E-state index < -0.39 is 11.6 Å². The third kappa shape index (κ3) is 6.63. The zero-order chi connectivity index (χ0) is 24.7. The molecule has 2 amide bonds. The number of hydrogen-bond donors (Lipinski definition) is 3. The smallest absolute Gasteiger partial charge is 0.315 e.